The van der Waals surface area contributed by atoms with E-state index in [0.717, 1.165) is 11.3 Å². The summed E-state index contributed by atoms with van der Waals surface area (Å²) in [6.45, 7) is 1.80. The van der Waals surface area contributed by atoms with Gasteiger partial charge in [-0.15, -0.1) is 0 Å². The highest BCUT2D eigenvalue weighted by atomic mass is 16.1. The van der Waals surface area contributed by atoms with Gasteiger partial charge in [0.15, 0.2) is 6.17 Å². The first-order chi connectivity index (χ1) is 12.2. The van der Waals surface area contributed by atoms with Crippen LogP contribution < -0.4 is 16.2 Å². The lowest BCUT2D eigenvalue weighted by atomic mass is 10.1. The molecule has 1 aromatic heterocycles. The van der Waals surface area contributed by atoms with E-state index in [1.165, 1.54) is 6.07 Å². The van der Waals surface area contributed by atoms with Gasteiger partial charge in [0.05, 0.1) is 0 Å². The van der Waals surface area contributed by atoms with Crippen molar-refractivity contribution in [2.75, 3.05) is 10.6 Å². The quantitative estimate of drug-likeness (QED) is 0.757. The minimum absolute atomic E-state index is 0.133. The van der Waals surface area contributed by atoms with Gasteiger partial charge < -0.3 is 5.32 Å². The van der Waals surface area contributed by atoms with Crippen LogP contribution in [0.25, 0.3) is 0 Å². The normalized spacial score (nSPS) is 15.7. The van der Waals surface area contributed by atoms with Crippen molar-refractivity contribution >= 4 is 17.6 Å². The zero-order valence-corrected chi connectivity index (χ0v) is 13.7. The van der Waals surface area contributed by atoms with Gasteiger partial charge in [0, 0.05) is 17.4 Å². The van der Waals surface area contributed by atoms with Gasteiger partial charge in [-0.3, -0.25) is 14.7 Å². The number of nitrogens with zero attached hydrogens (tertiary/aromatic N) is 3. The molecule has 25 heavy (non-hydrogen) atoms. The summed E-state index contributed by atoms with van der Waals surface area (Å²) in [6.07, 6.45) is -0.468. The van der Waals surface area contributed by atoms with Gasteiger partial charge in [-0.2, -0.15) is 0 Å². The zero-order valence-electron chi connectivity index (χ0n) is 13.7. The number of anilines is 2. The van der Waals surface area contributed by atoms with E-state index in [4.69, 9.17) is 4.99 Å². The molecule has 0 saturated carbocycles. The fourth-order valence-electron chi connectivity index (χ4n) is 2.82. The Morgan fingerprint density at radius 3 is 2.44 bits per heavy atom. The number of aliphatic imine (C=N–C) groups is 1. The van der Waals surface area contributed by atoms with Crippen LogP contribution in [0.3, 0.4) is 0 Å². The predicted octanol–water partition coefficient (Wildman–Crippen LogP) is 2.99. The molecular formula is C19H17N5O. The first-order valence-corrected chi connectivity index (χ1v) is 8.03. The van der Waals surface area contributed by atoms with Crippen molar-refractivity contribution in [3.63, 3.8) is 0 Å². The molecule has 124 valence electrons. The van der Waals surface area contributed by atoms with Gasteiger partial charge in [0.25, 0.3) is 5.56 Å². The van der Waals surface area contributed by atoms with E-state index in [1.54, 1.807) is 11.5 Å². The lowest BCUT2D eigenvalue weighted by molar-refractivity contribution is 0.577. The number of nitrogens with one attached hydrogen (secondary N) is 2. The second-order valence-corrected chi connectivity index (χ2v) is 5.81. The summed E-state index contributed by atoms with van der Waals surface area (Å²) < 4.78 is 1.57. The lowest BCUT2D eigenvalue weighted by Gasteiger charge is -2.27. The van der Waals surface area contributed by atoms with Gasteiger partial charge >= 0.3 is 0 Å². The molecule has 2 aromatic carbocycles. The van der Waals surface area contributed by atoms with Crippen LogP contribution in [0.15, 0.2) is 76.5 Å². The Kier molecular flexibility index (Phi) is 3.78. The highest BCUT2D eigenvalue weighted by molar-refractivity contribution is 6.03. The maximum atomic E-state index is 12.5. The number of aryl methyl sites for hydroxylation is 1. The molecule has 6 heteroatoms. The number of fused-ring (bicyclic) bond motifs is 1. The second kappa shape index (κ2) is 6.24. The third-order valence-corrected chi connectivity index (χ3v) is 3.94. The van der Waals surface area contributed by atoms with E-state index in [-0.39, 0.29) is 5.56 Å². The molecule has 1 aliphatic heterocycles. The minimum Gasteiger partial charge on any atom is -0.326 e. The average molecular weight is 331 g/mol. The zero-order chi connectivity index (χ0) is 17.2. The molecule has 0 saturated heterocycles. The molecule has 6 nitrogen and oxygen atoms in total. The maximum Gasteiger partial charge on any atom is 0.257 e. The smallest absolute Gasteiger partial charge is 0.257 e. The van der Waals surface area contributed by atoms with Crippen LogP contribution in [0.2, 0.25) is 0 Å². The molecule has 2 N–H and O–H groups in total. The molecule has 0 spiro atoms. The molecule has 4 rings (SSSR count). The summed E-state index contributed by atoms with van der Waals surface area (Å²) in [5.41, 5.74) is 2.36. The number of guanidine groups is 1. The van der Waals surface area contributed by atoms with Gasteiger partial charge in [-0.25, -0.2) is 9.98 Å². The Bertz CT molecular complexity index is 980. The largest absolute Gasteiger partial charge is 0.326 e. The topological polar surface area (TPSA) is 71.3 Å². The highest BCUT2D eigenvalue weighted by Gasteiger charge is 2.24. The molecule has 0 aliphatic carbocycles. The predicted molar refractivity (Wildman–Crippen MR) is 98.9 cm³/mol. The van der Waals surface area contributed by atoms with Crippen LogP contribution in [-0.2, 0) is 0 Å². The van der Waals surface area contributed by atoms with Crippen LogP contribution >= 0.6 is 0 Å². The number of aromatic nitrogens is 2. The standard InChI is InChI=1S/C19H17N5O/c1-13-12-16(25)24-17(14-8-4-2-5-9-14)22-18(23-19(24)20-13)21-15-10-6-3-7-11-15/h2-12,17H,1H3,(H2,20,21,22,23)/t17-/m1/s1. The third kappa shape index (κ3) is 3.01. The van der Waals surface area contributed by atoms with Crippen molar-refractivity contribution < 1.29 is 0 Å². The van der Waals surface area contributed by atoms with Crippen LogP contribution in [-0.4, -0.2) is 15.5 Å². The van der Waals surface area contributed by atoms with Crippen molar-refractivity contribution in [1.82, 2.24) is 9.55 Å². The van der Waals surface area contributed by atoms with Gasteiger partial charge in [-0.1, -0.05) is 48.5 Å². The van der Waals surface area contributed by atoms with Crippen molar-refractivity contribution in [3.05, 3.63) is 88.3 Å². The Morgan fingerprint density at radius 2 is 1.72 bits per heavy atom. The van der Waals surface area contributed by atoms with Crippen LogP contribution in [0.5, 0.6) is 0 Å². The molecule has 0 amide bonds. The fourth-order valence-corrected chi connectivity index (χ4v) is 2.82. The Balaban J connectivity index is 1.81. The first kappa shape index (κ1) is 15.1. The van der Waals surface area contributed by atoms with E-state index >= 15 is 0 Å². The molecular weight excluding hydrogens is 314 g/mol. The van der Waals surface area contributed by atoms with E-state index in [9.17, 15) is 4.79 Å². The van der Waals surface area contributed by atoms with Crippen molar-refractivity contribution in [2.24, 2.45) is 4.99 Å². The maximum absolute atomic E-state index is 12.5. The van der Waals surface area contributed by atoms with Crippen molar-refractivity contribution in [1.29, 1.82) is 0 Å². The fraction of sp³-hybridized carbons (Fsp3) is 0.105. The van der Waals surface area contributed by atoms with Gasteiger partial charge in [0.1, 0.15) is 0 Å². The summed E-state index contributed by atoms with van der Waals surface area (Å²) in [6, 6.07) is 21.0. The summed E-state index contributed by atoms with van der Waals surface area (Å²) in [5.74, 6) is 1.03. The molecule has 2 heterocycles. The Labute approximate surface area is 144 Å². The van der Waals surface area contributed by atoms with Crippen LogP contribution in [0.1, 0.15) is 17.4 Å². The summed E-state index contributed by atoms with van der Waals surface area (Å²) in [4.78, 5) is 21.7. The summed E-state index contributed by atoms with van der Waals surface area (Å²) in [7, 11) is 0. The molecule has 0 radical (unpaired) electrons. The second-order valence-electron chi connectivity index (χ2n) is 5.81. The molecule has 0 fully saturated rings. The number of rotatable bonds is 2. The van der Waals surface area contributed by atoms with E-state index < -0.39 is 6.17 Å². The molecule has 0 bridgehead atoms. The van der Waals surface area contributed by atoms with Crippen molar-refractivity contribution in [3.8, 4) is 0 Å². The van der Waals surface area contributed by atoms with E-state index in [0.29, 0.717) is 17.6 Å². The number of benzene rings is 2. The summed E-state index contributed by atoms with van der Waals surface area (Å²) >= 11 is 0. The van der Waals surface area contributed by atoms with Gasteiger partial charge in [0.2, 0.25) is 11.9 Å². The van der Waals surface area contributed by atoms with Crippen LogP contribution in [0.4, 0.5) is 11.6 Å². The lowest BCUT2D eigenvalue weighted by Crippen LogP contribution is -2.37. The molecule has 1 atom stereocenters. The number of hydrogen-bond acceptors (Lipinski definition) is 5. The molecule has 3 aromatic rings. The molecule has 0 unspecified atom stereocenters. The number of hydrogen-bond donors (Lipinski definition) is 2. The van der Waals surface area contributed by atoms with E-state index in [1.807, 2.05) is 60.7 Å². The van der Waals surface area contributed by atoms with Crippen molar-refractivity contribution in [2.45, 2.75) is 13.1 Å². The van der Waals surface area contributed by atoms with Gasteiger partial charge in [-0.05, 0) is 24.6 Å². The third-order valence-electron chi connectivity index (χ3n) is 3.94. The average Bonchev–Trinajstić information content (AvgIpc) is 2.62. The molecule has 1 aliphatic rings. The highest BCUT2D eigenvalue weighted by Crippen LogP contribution is 2.25. The monoisotopic (exact) mass is 331 g/mol. The van der Waals surface area contributed by atoms with Crippen LogP contribution in [0, 0.1) is 6.92 Å². The Morgan fingerprint density at radius 1 is 1.04 bits per heavy atom. The summed E-state index contributed by atoms with van der Waals surface area (Å²) in [5, 5.41) is 6.36. The SMILES string of the molecule is Cc1cc(=O)n2c(n1)NC(Nc1ccccc1)=N[C@H]2c1ccccc1. The van der Waals surface area contributed by atoms with E-state index in [2.05, 4.69) is 15.6 Å². The first-order valence-electron chi connectivity index (χ1n) is 8.03. The number of para-hydroxylation sites is 1. The Hall–Kier alpha value is -3.41. The minimum atomic E-state index is -0.468.